The lowest BCUT2D eigenvalue weighted by molar-refractivity contribution is -0.136. The number of benzene rings is 4. The summed E-state index contributed by atoms with van der Waals surface area (Å²) >= 11 is 0. The molecule has 4 rings (SSSR count). The van der Waals surface area contributed by atoms with Gasteiger partial charge in [0.1, 0.15) is 0 Å². The van der Waals surface area contributed by atoms with E-state index < -0.39 is 5.97 Å². The Hall–Kier alpha value is -3.85. The molecular formula is C32H33NO2. The first-order valence-corrected chi connectivity index (χ1v) is 12.2. The Kier molecular flexibility index (Phi) is 7.67. The number of anilines is 1. The Bertz CT molecular complexity index is 1260. The molecule has 3 heteroatoms. The molecule has 178 valence electrons. The van der Waals surface area contributed by atoms with Crippen molar-refractivity contribution in [2.24, 2.45) is 0 Å². The van der Waals surface area contributed by atoms with Gasteiger partial charge in [-0.1, -0.05) is 91.0 Å². The van der Waals surface area contributed by atoms with Crippen LogP contribution in [0.15, 0.2) is 97.1 Å². The quantitative estimate of drug-likeness (QED) is 0.276. The fraction of sp³-hybridized carbons (Fsp3) is 0.219. The van der Waals surface area contributed by atoms with E-state index in [9.17, 15) is 9.90 Å². The van der Waals surface area contributed by atoms with Crippen LogP contribution in [0, 0.1) is 13.8 Å². The summed E-state index contributed by atoms with van der Waals surface area (Å²) in [5.41, 5.74) is 9.47. The molecule has 0 fully saturated rings. The highest BCUT2D eigenvalue weighted by Gasteiger charge is 2.21. The molecule has 0 saturated carbocycles. The molecule has 0 aromatic heterocycles. The molecule has 0 saturated heterocycles. The number of hydrogen-bond donors (Lipinski definition) is 1. The zero-order chi connectivity index (χ0) is 24.8. The van der Waals surface area contributed by atoms with Crippen molar-refractivity contribution in [1.29, 1.82) is 0 Å². The first kappa shape index (κ1) is 24.3. The Morgan fingerprint density at radius 1 is 0.829 bits per heavy atom. The first-order valence-electron chi connectivity index (χ1n) is 12.2. The SMILES string of the molecule is Cc1cccc(C)c1-c1ccc(CCC(=O)O)c(N(Cc2ccccc2)[C@H](C)c2ccccc2)c1. The van der Waals surface area contributed by atoms with Crippen LogP contribution >= 0.6 is 0 Å². The van der Waals surface area contributed by atoms with Gasteiger partial charge in [0.05, 0.1) is 6.04 Å². The van der Waals surface area contributed by atoms with Crippen LogP contribution in [0.25, 0.3) is 11.1 Å². The van der Waals surface area contributed by atoms with Gasteiger partial charge in [-0.25, -0.2) is 0 Å². The molecule has 4 aromatic rings. The number of carboxylic acids is 1. The molecule has 35 heavy (non-hydrogen) atoms. The van der Waals surface area contributed by atoms with E-state index in [4.69, 9.17) is 0 Å². The third kappa shape index (κ3) is 5.81. The molecule has 0 aliphatic rings. The van der Waals surface area contributed by atoms with Crippen molar-refractivity contribution in [2.75, 3.05) is 4.90 Å². The van der Waals surface area contributed by atoms with Gasteiger partial charge >= 0.3 is 5.97 Å². The van der Waals surface area contributed by atoms with Crippen LogP contribution in [0.1, 0.15) is 47.2 Å². The summed E-state index contributed by atoms with van der Waals surface area (Å²) in [7, 11) is 0. The number of carbonyl (C=O) groups is 1. The summed E-state index contributed by atoms with van der Waals surface area (Å²) in [6.45, 7) is 7.25. The molecule has 0 radical (unpaired) electrons. The molecule has 0 heterocycles. The second-order valence-corrected chi connectivity index (χ2v) is 9.20. The van der Waals surface area contributed by atoms with Crippen molar-refractivity contribution >= 4 is 11.7 Å². The van der Waals surface area contributed by atoms with Crippen molar-refractivity contribution in [2.45, 2.75) is 46.2 Å². The van der Waals surface area contributed by atoms with E-state index in [0.29, 0.717) is 6.42 Å². The Morgan fingerprint density at radius 3 is 2.09 bits per heavy atom. The van der Waals surface area contributed by atoms with Gasteiger partial charge < -0.3 is 10.0 Å². The molecule has 0 bridgehead atoms. The molecule has 1 atom stereocenters. The van der Waals surface area contributed by atoms with Crippen LogP contribution in [0.3, 0.4) is 0 Å². The Balaban J connectivity index is 1.87. The van der Waals surface area contributed by atoms with Crippen molar-refractivity contribution in [3.8, 4) is 11.1 Å². The predicted molar refractivity (Wildman–Crippen MR) is 145 cm³/mol. The fourth-order valence-electron chi connectivity index (χ4n) is 4.83. The minimum Gasteiger partial charge on any atom is -0.481 e. The summed E-state index contributed by atoms with van der Waals surface area (Å²) in [5.74, 6) is -0.777. The predicted octanol–water partition coefficient (Wildman–Crippen LogP) is 7.76. The van der Waals surface area contributed by atoms with Gasteiger partial charge in [-0.15, -0.1) is 0 Å². The minimum absolute atomic E-state index is 0.105. The maximum Gasteiger partial charge on any atom is 0.303 e. The molecule has 4 aromatic carbocycles. The lowest BCUT2D eigenvalue weighted by Gasteiger charge is -2.34. The average molecular weight is 464 g/mol. The number of aryl methyl sites for hydroxylation is 3. The number of carboxylic acid groups (broad SMARTS) is 1. The highest BCUT2D eigenvalue weighted by atomic mass is 16.4. The van der Waals surface area contributed by atoms with E-state index in [-0.39, 0.29) is 12.5 Å². The fourth-order valence-corrected chi connectivity index (χ4v) is 4.83. The molecule has 0 spiro atoms. The van der Waals surface area contributed by atoms with E-state index in [1.54, 1.807) is 0 Å². The van der Waals surface area contributed by atoms with Crippen molar-refractivity contribution < 1.29 is 9.90 Å². The highest BCUT2D eigenvalue weighted by molar-refractivity contribution is 5.76. The van der Waals surface area contributed by atoms with Crippen molar-refractivity contribution in [3.63, 3.8) is 0 Å². The zero-order valence-electron chi connectivity index (χ0n) is 20.7. The Labute approximate surface area is 208 Å². The lowest BCUT2D eigenvalue weighted by atomic mass is 9.92. The molecule has 0 unspecified atom stereocenters. The maximum atomic E-state index is 11.5. The zero-order valence-corrected chi connectivity index (χ0v) is 20.7. The third-order valence-corrected chi connectivity index (χ3v) is 6.72. The topological polar surface area (TPSA) is 40.5 Å². The smallest absolute Gasteiger partial charge is 0.303 e. The second kappa shape index (κ2) is 11.1. The Morgan fingerprint density at radius 2 is 1.46 bits per heavy atom. The lowest BCUT2D eigenvalue weighted by Crippen LogP contribution is -2.27. The number of hydrogen-bond acceptors (Lipinski definition) is 2. The van der Waals surface area contributed by atoms with E-state index in [1.165, 1.54) is 27.8 Å². The molecule has 0 amide bonds. The van der Waals surface area contributed by atoms with Gasteiger partial charge in [-0.3, -0.25) is 4.79 Å². The van der Waals surface area contributed by atoms with Gasteiger partial charge in [0.25, 0.3) is 0 Å². The summed E-state index contributed by atoms with van der Waals surface area (Å²) in [6, 6.07) is 34.0. The highest BCUT2D eigenvalue weighted by Crippen LogP contribution is 2.37. The second-order valence-electron chi connectivity index (χ2n) is 9.20. The van der Waals surface area contributed by atoms with E-state index in [2.05, 4.69) is 111 Å². The largest absolute Gasteiger partial charge is 0.481 e. The van der Waals surface area contributed by atoms with Gasteiger partial charge in [-0.05, 0) is 72.2 Å². The van der Waals surface area contributed by atoms with Gasteiger partial charge in [-0.2, -0.15) is 0 Å². The number of nitrogens with zero attached hydrogens (tertiary/aromatic N) is 1. The standard InChI is InChI=1S/C32H33NO2/c1-23-11-10-12-24(2)32(23)29-18-17-28(19-20-31(34)35)30(21-29)33(22-26-13-6-4-7-14-26)25(3)27-15-8-5-9-16-27/h4-18,21,25H,19-20,22H2,1-3H3,(H,34,35)/t25-/m1/s1. The molecule has 1 N–H and O–H groups in total. The van der Waals surface area contributed by atoms with E-state index in [0.717, 1.165) is 23.4 Å². The van der Waals surface area contributed by atoms with Gasteiger partial charge in [0.15, 0.2) is 0 Å². The third-order valence-electron chi connectivity index (χ3n) is 6.72. The minimum atomic E-state index is -0.777. The molecular weight excluding hydrogens is 430 g/mol. The summed E-state index contributed by atoms with van der Waals surface area (Å²) in [6.07, 6.45) is 0.596. The van der Waals surface area contributed by atoms with Crippen LogP contribution < -0.4 is 4.90 Å². The van der Waals surface area contributed by atoms with Crippen LogP contribution in [0.4, 0.5) is 5.69 Å². The van der Waals surface area contributed by atoms with Crippen molar-refractivity contribution in [3.05, 3.63) is 125 Å². The maximum absolute atomic E-state index is 11.5. The van der Waals surface area contributed by atoms with Crippen molar-refractivity contribution in [1.82, 2.24) is 0 Å². The van der Waals surface area contributed by atoms with Crippen LogP contribution in [-0.2, 0) is 17.8 Å². The number of aliphatic carboxylic acids is 1. The number of rotatable bonds is 9. The normalized spacial score (nSPS) is 11.7. The van der Waals surface area contributed by atoms with E-state index in [1.807, 2.05) is 12.1 Å². The summed E-state index contributed by atoms with van der Waals surface area (Å²) in [5, 5.41) is 9.42. The summed E-state index contributed by atoms with van der Waals surface area (Å²) < 4.78 is 0. The van der Waals surface area contributed by atoms with Gasteiger partial charge in [0, 0.05) is 18.7 Å². The molecule has 3 nitrogen and oxygen atoms in total. The van der Waals surface area contributed by atoms with Crippen LogP contribution in [0.2, 0.25) is 0 Å². The average Bonchev–Trinajstić information content (AvgIpc) is 2.87. The van der Waals surface area contributed by atoms with Crippen LogP contribution in [-0.4, -0.2) is 11.1 Å². The first-order chi connectivity index (χ1) is 16.9. The van der Waals surface area contributed by atoms with Crippen LogP contribution in [0.5, 0.6) is 0 Å². The van der Waals surface area contributed by atoms with E-state index >= 15 is 0 Å². The van der Waals surface area contributed by atoms with Gasteiger partial charge in [0.2, 0.25) is 0 Å². The summed E-state index contributed by atoms with van der Waals surface area (Å²) in [4.78, 5) is 13.9. The molecule has 0 aliphatic carbocycles. The monoisotopic (exact) mass is 463 g/mol. The molecule has 0 aliphatic heterocycles.